The fourth-order valence-corrected chi connectivity index (χ4v) is 6.43. The summed E-state index contributed by atoms with van der Waals surface area (Å²) in [5.74, 6) is 0.843. The smallest absolute Gasteiger partial charge is 0.376 e. The van der Waals surface area contributed by atoms with Crippen molar-refractivity contribution in [2.45, 2.75) is 69.6 Å². The Labute approximate surface area is 173 Å². The maximum Gasteiger partial charge on any atom is 0.376 e. The van der Waals surface area contributed by atoms with Crippen LogP contribution in [0.4, 0.5) is 0 Å². The van der Waals surface area contributed by atoms with Gasteiger partial charge in [0.15, 0.2) is 0 Å². The molecule has 148 valence electrons. The van der Waals surface area contributed by atoms with Crippen molar-refractivity contribution in [2.24, 2.45) is 5.92 Å². The van der Waals surface area contributed by atoms with Crippen LogP contribution in [0.5, 0.6) is 0 Å². The van der Waals surface area contributed by atoms with Gasteiger partial charge in [-0.15, -0.1) is 0 Å². The van der Waals surface area contributed by atoms with Gasteiger partial charge in [0.25, 0.3) is 0 Å². The largest absolute Gasteiger partial charge is 0.437 e. The lowest BCUT2D eigenvalue weighted by atomic mass is 9.65. The normalized spacial score (nSPS) is 25.7. The molecule has 0 unspecified atom stereocenters. The first-order chi connectivity index (χ1) is 13.1. The summed E-state index contributed by atoms with van der Waals surface area (Å²) in [4.78, 5) is 4.98. The summed E-state index contributed by atoms with van der Waals surface area (Å²) in [6.07, 6.45) is 10.7. The standard InChI is InChI=1S/C22H34BBrN2O/c1-23(27)26-16-10-21(11-17-26)25-14-8-19(9-15-25)22(12-2-3-13-22)18-4-6-20(24)7-5-18/h4-7,19,21,27H,2-3,8-17H2,1H3. The fourth-order valence-electron chi connectivity index (χ4n) is 6.16. The van der Waals surface area contributed by atoms with Crippen LogP contribution in [-0.2, 0) is 5.41 Å². The highest BCUT2D eigenvalue weighted by atomic mass is 79.9. The molecule has 0 bridgehead atoms. The third kappa shape index (κ3) is 4.17. The Morgan fingerprint density at radius 2 is 1.56 bits per heavy atom. The number of hydrogen-bond acceptors (Lipinski definition) is 3. The zero-order valence-corrected chi connectivity index (χ0v) is 18.3. The van der Waals surface area contributed by atoms with Gasteiger partial charge in [-0.3, -0.25) is 0 Å². The molecule has 2 heterocycles. The number of rotatable bonds is 4. The Hall–Kier alpha value is -0.355. The Morgan fingerprint density at radius 3 is 2.11 bits per heavy atom. The lowest BCUT2D eigenvalue weighted by Crippen LogP contribution is -2.52. The lowest BCUT2D eigenvalue weighted by molar-refractivity contribution is 0.0692. The molecule has 2 aliphatic heterocycles. The third-order valence-corrected chi connectivity index (χ3v) is 8.30. The number of benzene rings is 1. The molecule has 3 nitrogen and oxygen atoms in total. The maximum absolute atomic E-state index is 9.79. The minimum Gasteiger partial charge on any atom is -0.437 e. The van der Waals surface area contributed by atoms with Crippen molar-refractivity contribution in [3.05, 3.63) is 34.3 Å². The zero-order chi connectivity index (χ0) is 18.9. The van der Waals surface area contributed by atoms with Gasteiger partial charge in [0.05, 0.1) is 0 Å². The minimum atomic E-state index is -0.287. The molecule has 0 amide bonds. The van der Waals surface area contributed by atoms with Gasteiger partial charge >= 0.3 is 7.05 Å². The summed E-state index contributed by atoms with van der Waals surface area (Å²) in [7, 11) is -0.287. The molecule has 1 aliphatic carbocycles. The molecule has 1 saturated carbocycles. The highest BCUT2D eigenvalue weighted by molar-refractivity contribution is 9.10. The Bertz CT molecular complexity index is 601. The first kappa shape index (κ1) is 19.9. The monoisotopic (exact) mass is 432 g/mol. The van der Waals surface area contributed by atoms with E-state index >= 15 is 0 Å². The van der Waals surface area contributed by atoms with E-state index in [2.05, 4.69) is 49.9 Å². The van der Waals surface area contributed by atoms with Gasteiger partial charge in [0.2, 0.25) is 0 Å². The van der Waals surface area contributed by atoms with Crippen molar-refractivity contribution in [2.75, 3.05) is 26.2 Å². The van der Waals surface area contributed by atoms with Gasteiger partial charge in [0.1, 0.15) is 0 Å². The lowest BCUT2D eigenvalue weighted by Gasteiger charge is -2.47. The molecule has 0 spiro atoms. The van der Waals surface area contributed by atoms with Gasteiger partial charge in [-0.2, -0.15) is 0 Å². The molecular formula is C22H34BBrN2O. The van der Waals surface area contributed by atoms with Crippen LogP contribution in [0, 0.1) is 5.92 Å². The molecule has 3 aliphatic rings. The summed E-state index contributed by atoms with van der Waals surface area (Å²) >= 11 is 3.61. The Balaban J connectivity index is 1.38. The summed E-state index contributed by atoms with van der Waals surface area (Å²) in [6, 6.07) is 9.97. The van der Waals surface area contributed by atoms with E-state index < -0.39 is 0 Å². The molecule has 5 heteroatoms. The van der Waals surface area contributed by atoms with Gasteiger partial charge in [0, 0.05) is 10.5 Å². The molecule has 1 N–H and O–H groups in total. The molecule has 1 aromatic rings. The molecule has 0 atom stereocenters. The predicted octanol–water partition coefficient (Wildman–Crippen LogP) is 4.55. The molecule has 0 aromatic heterocycles. The summed E-state index contributed by atoms with van der Waals surface area (Å²) < 4.78 is 1.19. The second-order valence-electron chi connectivity index (χ2n) is 9.08. The van der Waals surface area contributed by atoms with Crippen LogP contribution in [0.15, 0.2) is 28.7 Å². The van der Waals surface area contributed by atoms with E-state index in [1.807, 2.05) is 6.82 Å². The van der Waals surface area contributed by atoms with Crippen LogP contribution in [0.3, 0.4) is 0 Å². The average Bonchev–Trinajstić information content (AvgIpc) is 3.20. The fraction of sp³-hybridized carbons (Fsp3) is 0.727. The van der Waals surface area contributed by atoms with Crippen molar-refractivity contribution in [3.63, 3.8) is 0 Å². The SMILES string of the molecule is CB(O)N1CCC(N2CCC(C3(c4ccc(Br)cc4)CCCC3)CC2)CC1. The van der Waals surface area contributed by atoms with Crippen LogP contribution in [0.25, 0.3) is 0 Å². The summed E-state index contributed by atoms with van der Waals surface area (Å²) in [5.41, 5.74) is 2.02. The molecule has 3 fully saturated rings. The van der Waals surface area contributed by atoms with Gasteiger partial charge in [-0.1, -0.05) is 40.9 Å². The van der Waals surface area contributed by atoms with Crippen molar-refractivity contribution in [1.82, 2.24) is 9.71 Å². The highest BCUT2D eigenvalue weighted by Crippen LogP contribution is 2.50. The van der Waals surface area contributed by atoms with Crippen molar-refractivity contribution in [1.29, 1.82) is 0 Å². The van der Waals surface area contributed by atoms with E-state index in [-0.39, 0.29) is 7.05 Å². The van der Waals surface area contributed by atoms with Gasteiger partial charge in [-0.05, 0) is 101 Å². The quantitative estimate of drug-likeness (QED) is 0.707. The first-order valence-corrected chi connectivity index (χ1v) is 11.8. The van der Waals surface area contributed by atoms with Crippen LogP contribution >= 0.6 is 15.9 Å². The first-order valence-electron chi connectivity index (χ1n) is 11.0. The third-order valence-electron chi connectivity index (χ3n) is 7.77. The topological polar surface area (TPSA) is 26.7 Å². The molecule has 2 saturated heterocycles. The maximum atomic E-state index is 9.79. The van der Waals surface area contributed by atoms with E-state index in [1.165, 1.54) is 68.9 Å². The van der Waals surface area contributed by atoms with Crippen LogP contribution in [0.2, 0.25) is 6.82 Å². The van der Waals surface area contributed by atoms with Gasteiger partial charge in [-0.25, -0.2) is 0 Å². The van der Waals surface area contributed by atoms with Crippen LogP contribution in [0.1, 0.15) is 56.9 Å². The molecule has 0 radical (unpaired) electrons. The van der Waals surface area contributed by atoms with Crippen molar-refractivity contribution >= 4 is 23.0 Å². The van der Waals surface area contributed by atoms with Crippen molar-refractivity contribution in [3.8, 4) is 0 Å². The Morgan fingerprint density at radius 1 is 0.963 bits per heavy atom. The number of nitrogens with zero attached hydrogens (tertiary/aromatic N) is 2. The van der Waals surface area contributed by atoms with Gasteiger partial charge < -0.3 is 14.7 Å². The summed E-state index contributed by atoms with van der Waals surface area (Å²) in [6.45, 7) is 6.52. The van der Waals surface area contributed by atoms with E-state index in [9.17, 15) is 5.02 Å². The second kappa shape index (κ2) is 8.56. The summed E-state index contributed by atoms with van der Waals surface area (Å²) in [5, 5.41) is 9.79. The zero-order valence-electron chi connectivity index (χ0n) is 16.7. The van der Waals surface area contributed by atoms with E-state index in [4.69, 9.17) is 0 Å². The molecule has 27 heavy (non-hydrogen) atoms. The Kier molecular flexibility index (Phi) is 6.33. The molecule has 1 aromatic carbocycles. The number of hydrogen-bond donors (Lipinski definition) is 1. The number of likely N-dealkylation sites (tertiary alicyclic amines) is 1. The van der Waals surface area contributed by atoms with Crippen LogP contribution in [-0.4, -0.2) is 54.0 Å². The highest BCUT2D eigenvalue weighted by Gasteiger charge is 2.44. The molecule has 4 rings (SSSR count). The van der Waals surface area contributed by atoms with E-state index in [0.29, 0.717) is 5.41 Å². The van der Waals surface area contributed by atoms with Crippen LogP contribution < -0.4 is 0 Å². The average molecular weight is 433 g/mol. The number of halogens is 1. The minimum absolute atomic E-state index is 0.287. The number of piperidine rings is 2. The predicted molar refractivity (Wildman–Crippen MR) is 117 cm³/mol. The molecular weight excluding hydrogens is 399 g/mol. The van der Waals surface area contributed by atoms with E-state index in [1.54, 1.807) is 5.56 Å². The van der Waals surface area contributed by atoms with Crippen molar-refractivity contribution < 1.29 is 5.02 Å². The van der Waals surface area contributed by atoms with E-state index in [0.717, 1.165) is 25.0 Å². The second-order valence-corrected chi connectivity index (χ2v) is 10.00.